The molecule has 10 nitrogen and oxygen atoms in total. The van der Waals surface area contributed by atoms with Crippen molar-refractivity contribution in [2.75, 3.05) is 21.3 Å². The summed E-state index contributed by atoms with van der Waals surface area (Å²) in [6, 6.07) is 22.7. The second-order valence-corrected chi connectivity index (χ2v) is 6.32. The molecule has 0 aliphatic heterocycles. The third-order valence-electron chi connectivity index (χ3n) is 4.11. The number of halogens is 1. The summed E-state index contributed by atoms with van der Waals surface area (Å²) in [5, 5.41) is 60.6. The maximum atomic E-state index is 12.1. The minimum atomic E-state index is -0.429. The van der Waals surface area contributed by atoms with Crippen molar-refractivity contribution in [3.63, 3.8) is 0 Å². The molecule has 3 N–H and O–H groups in total. The van der Waals surface area contributed by atoms with Gasteiger partial charge in [-0.1, -0.05) is 66.7 Å². The summed E-state index contributed by atoms with van der Waals surface area (Å²) in [4.78, 5) is 4.47. The third-order valence-corrected chi connectivity index (χ3v) is 4.11. The molecular weight excluding hydrogens is 549 g/mol. The molecule has 1 heterocycles. The molecule has 0 aliphatic rings. The van der Waals surface area contributed by atoms with Gasteiger partial charge in [-0.25, -0.2) is 4.98 Å². The number of hydrogen-bond donors (Lipinski definition) is 3. The Morgan fingerprint density at radius 2 is 0.868 bits per heavy atom. The molecule has 0 atom stereocenters. The molecule has 205 valence electrons. The Kier molecular flexibility index (Phi) is 24.7. The van der Waals surface area contributed by atoms with E-state index in [0.29, 0.717) is 33.9 Å². The van der Waals surface area contributed by atoms with Gasteiger partial charge in [-0.3, -0.25) is 0 Å². The first-order valence-electron chi connectivity index (χ1n) is 10.6. The molecule has 1 aromatic heterocycles. The second kappa shape index (κ2) is 24.0. The molecule has 3 aromatic rings. The Bertz CT molecular complexity index is 1060. The molecule has 3 rings (SSSR count). The number of aliphatic hydroxyl groups excluding tert-OH is 3. The van der Waals surface area contributed by atoms with E-state index < -0.39 is 11.8 Å². The van der Waals surface area contributed by atoms with Crippen molar-refractivity contribution < 1.29 is 56.5 Å². The maximum Gasteiger partial charge on any atom is 0.0868 e. The topological polar surface area (TPSA) is 169 Å². The second-order valence-electron chi connectivity index (χ2n) is 6.32. The van der Waals surface area contributed by atoms with Gasteiger partial charge in [0.25, 0.3) is 0 Å². The van der Waals surface area contributed by atoms with E-state index in [1.54, 1.807) is 80.6 Å². The number of aliphatic hydroxyl groups is 3. The van der Waals surface area contributed by atoms with Gasteiger partial charge in [-0.2, -0.15) is 20.4 Å². The normalized spacial score (nSPS) is 11.1. The van der Waals surface area contributed by atoms with Gasteiger partial charge in [0.2, 0.25) is 0 Å². The number of benzene rings is 2. The fourth-order valence-corrected chi connectivity index (χ4v) is 2.46. The molecule has 0 saturated carbocycles. The van der Waals surface area contributed by atoms with Crippen LogP contribution in [0.4, 0.5) is 0 Å². The number of rotatable bonds is 6. The molecule has 0 unspecified atom stereocenters. The Morgan fingerprint density at radius 3 is 1.18 bits per heavy atom. The smallest absolute Gasteiger partial charge is 0.0868 e. The summed E-state index contributed by atoms with van der Waals surface area (Å²) in [5.41, 5.74) is 2.96. The summed E-state index contributed by atoms with van der Waals surface area (Å²) in [5.74, 6) is -0.857. The first-order chi connectivity index (χ1) is 17.5. The van der Waals surface area contributed by atoms with Crippen molar-refractivity contribution in [3.8, 4) is 0 Å². The van der Waals surface area contributed by atoms with Gasteiger partial charge in [0.1, 0.15) is 0 Å². The fraction of sp³-hybridized carbons (Fsp3) is 0.192. The zero-order valence-corrected chi connectivity index (χ0v) is 23.9. The van der Waals surface area contributed by atoms with Crippen molar-refractivity contribution >= 4 is 23.2 Å². The van der Waals surface area contributed by atoms with E-state index in [-0.39, 0.29) is 31.0 Å². The van der Waals surface area contributed by atoms with Crippen LogP contribution in [0.2, 0.25) is 0 Å². The molecule has 0 aliphatic carbocycles. The number of aromatic nitrogens is 1. The zero-order chi connectivity index (χ0) is 27.3. The first kappa shape index (κ1) is 39.1. The molecule has 12 heteroatoms. The maximum absolute atomic E-state index is 12.1. The van der Waals surface area contributed by atoms with Gasteiger partial charge >= 0.3 is 0 Å². The summed E-state index contributed by atoms with van der Waals surface area (Å²) in [7, 11) is 3.00. The van der Waals surface area contributed by atoms with Crippen LogP contribution in [-0.2, 0) is 18.6 Å². The SMILES string of the molecule is C/C(=N\N=C(/[O-])c1ccccc1)c1cccc(/C(C)=N/N=C(\[O-])c2ccccc2)n1.CO.CO.CO.[Cl-].[V]. The molecule has 1 radical (unpaired) electrons. The van der Waals surface area contributed by atoms with Crippen molar-refractivity contribution in [1.29, 1.82) is 0 Å². The molecule has 0 amide bonds. The quantitative estimate of drug-likeness (QED) is 0.173. The minimum Gasteiger partial charge on any atom is -1.00 e. The van der Waals surface area contributed by atoms with Crippen LogP contribution in [0, 0.1) is 0 Å². The van der Waals surface area contributed by atoms with Crippen LogP contribution in [0.3, 0.4) is 0 Å². The van der Waals surface area contributed by atoms with Crippen LogP contribution in [-0.4, -0.2) is 64.9 Å². The van der Waals surface area contributed by atoms with Crippen molar-refractivity contribution in [1.82, 2.24) is 4.98 Å². The monoisotopic (exact) mass is 579 g/mol. The fourth-order valence-electron chi connectivity index (χ4n) is 2.46. The van der Waals surface area contributed by atoms with Gasteiger partial charge in [-0.15, -0.1) is 0 Å². The van der Waals surface area contributed by atoms with Crippen LogP contribution in [0.5, 0.6) is 0 Å². The average molecular weight is 580 g/mol. The Labute approximate surface area is 241 Å². The van der Waals surface area contributed by atoms with Crippen molar-refractivity contribution in [2.45, 2.75) is 13.8 Å². The van der Waals surface area contributed by atoms with E-state index in [1.807, 2.05) is 12.1 Å². The molecule has 38 heavy (non-hydrogen) atoms. The van der Waals surface area contributed by atoms with Crippen molar-refractivity contribution in [3.05, 3.63) is 101 Å². The third kappa shape index (κ3) is 13.8. The standard InChI is InChI=1S/C23H21N5O2.3CH4O.ClH.V/c1-16(25-27-22(29)18-10-5-3-6-11-18)20-14-9-15-21(24-20)17(2)26-28-23(30)19-12-7-4-8-13-19;3*1-2;;/h3-15H,1-2H3,(H,27,29)(H,28,30);3*2H,1H3;1H;/p-3/b25-16+,26-17+;;;;;. The van der Waals surface area contributed by atoms with Crippen LogP contribution in [0.15, 0.2) is 99.3 Å². The predicted molar refractivity (Wildman–Crippen MR) is 139 cm³/mol. The van der Waals surface area contributed by atoms with E-state index in [2.05, 4.69) is 25.4 Å². The number of hydrogen-bond acceptors (Lipinski definition) is 10. The van der Waals surface area contributed by atoms with Gasteiger partial charge in [0.15, 0.2) is 0 Å². The van der Waals surface area contributed by atoms with Gasteiger partial charge in [-0.05, 0) is 37.1 Å². The van der Waals surface area contributed by atoms with Crippen molar-refractivity contribution in [2.24, 2.45) is 20.4 Å². The largest absolute Gasteiger partial charge is 1.00 e. The predicted octanol–water partition coefficient (Wildman–Crippen LogP) is -2.03. The number of pyridine rings is 1. The molecule has 0 bridgehead atoms. The minimum absolute atomic E-state index is 0. The van der Waals surface area contributed by atoms with Gasteiger partial charge in [0, 0.05) is 51.7 Å². The first-order valence-corrected chi connectivity index (χ1v) is 10.6. The van der Waals surface area contributed by atoms with E-state index >= 15 is 0 Å². The zero-order valence-electron chi connectivity index (χ0n) is 21.7. The van der Waals surface area contributed by atoms with E-state index in [1.165, 1.54) is 0 Å². The van der Waals surface area contributed by atoms with Crippen LogP contribution in [0.1, 0.15) is 36.4 Å². The van der Waals surface area contributed by atoms with E-state index in [9.17, 15) is 10.2 Å². The Morgan fingerprint density at radius 1 is 0.553 bits per heavy atom. The molecule has 0 fully saturated rings. The van der Waals surface area contributed by atoms with E-state index in [0.717, 1.165) is 21.3 Å². The number of nitrogens with zero attached hydrogens (tertiary/aromatic N) is 5. The molecule has 0 spiro atoms. The van der Waals surface area contributed by atoms with Crippen LogP contribution >= 0.6 is 0 Å². The van der Waals surface area contributed by atoms with Gasteiger partial charge in [0.05, 0.1) is 22.8 Å². The molecular formula is C26H31ClN5O5V-3. The Hall–Kier alpha value is -3.38. The molecule has 2 aromatic carbocycles. The summed E-state index contributed by atoms with van der Waals surface area (Å²) in [6.45, 7) is 3.42. The summed E-state index contributed by atoms with van der Waals surface area (Å²) < 4.78 is 0. The average Bonchev–Trinajstić information content (AvgIpc) is 2.98. The Balaban J connectivity index is -0.00000143. The van der Waals surface area contributed by atoms with E-state index in [4.69, 9.17) is 15.3 Å². The van der Waals surface area contributed by atoms with Gasteiger partial charge < -0.3 is 37.9 Å². The summed E-state index contributed by atoms with van der Waals surface area (Å²) in [6.07, 6.45) is 0. The summed E-state index contributed by atoms with van der Waals surface area (Å²) >= 11 is 0. The van der Waals surface area contributed by atoms with Crippen LogP contribution in [0.25, 0.3) is 0 Å². The van der Waals surface area contributed by atoms with Crippen LogP contribution < -0.4 is 22.6 Å². The molecule has 0 saturated heterocycles.